The minimum atomic E-state index is -1.75. The quantitative estimate of drug-likeness (QED) is 0.00581. The number of carbonyl (C=O) groups is 1. The van der Waals surface area contributed by atoms with E-state index in [-0.39, 0.29) is 19.8 Å². The van der Waals surface area contributed by atoms with Gasteiger partial charge >= 0.3 is 0 Å². The highest BCUT2D eigenvalue weighted by Gasteiger charge is 2.45. The number of halogens is 1. The largest absolute Gasteiger partial charge is 1.00 e. The molecular formula is C66H91ClN12O3P2S4. The Morgan fingerprint density at radius 1 is 0.466 bits per heavy atom. The summed E-state index contributed by atoms with van der Waals surface area (Å²) in [5, 5.41) is 51.4. The number of benzene rings is 6. The molecule has 0 aliphatic carbocycles. The highest BCUT2D eigenvalue weighted by Crippen LogP contribution is 2.57. The lowest BCUT2D eigenvalue weighted by Crippen LogP contribution is -3.00. The van der Waals surface area contributed by atoms with Gasteiger partial charge < -0.3 is 54.2 Å². The van der Waals surface area contributed by atoms with Crippen LogP contribution in [0.3, 0.4) is 0 Å². The molecule has 0 aromatic heterocycles. The van der Waals surface area contributed by atoms with E-state index in [4.69, 9.17) is 57.6 Å². The molecule has 0 atom stereocenters. The zero-order valence-electron chi connectivity index (χ0n) is 51.0. The van der Waals surface area contributed by atoms with Gasteiger partial charge in [0.05, 0.1) is 46.7 Å². The first kappa shape index (κ1) is 79.4. The fourth-order valence-corrected chi connectivity index (χ4v) is 18.1. The van der Waals surface area contributed by atoms with Crippen molar-refractivity contribution in [3.8, 4) is 0 Å². The van der Waals surface area contributed by atoms with E-state index in [2.05, 4.69) is 252 Å². The van der Waals surface area contributed by atoms with Gasteiger partial charge in [-0.3, -0.25) is 15.8 Å². The number of carbonyl (C=O) groups excluding carboxylic acids is 1. The molecule has 474 valence electrons. The number of nitrogens with two attached hydrogens (primary N) is 1. The molecule has 6 aromatic rings. The number of nitrogens with zero attached hydrogens (tertiary/aromatic N) is 4. The number of thiocarbonyl (C=S) groups is 4. The second-order valence-electron chi connectivity index (χ2n) is 19.5. The van der Waals surface area contributed by atoms with Crippen LogP contribution < -0.4 is 92.7 Å². The number of carboxylic acids is 1. The summed E-state index contributed by atoms with van der Waals surface area (Å²) >= 11 is 20.3. The summed E-state index contributed by atoms with van der Waals surface area (Å²) in [6.45, 7) is 10.3. The topological polar surface area (TPSA) is 220 Å². The van der Waals surface area contributed by atoms with E-state index < -0.39 is 20.5 Å². The Hall–Kier alpha value is -6.66. The third-order valence-corrected chi connectivity index (χ3v) is 23.7. The molecule has 0 fully saturated rings. The molecule has 0 radical (unpaired) electrons. The molecule has 0 bridgehead atoms. The highest BCUT2D eigenvalue weighted by atomic mass is 35.5. The Labute approximate surface area is 553 Å². The van der Waals surface area contributed by atoms with E-state index >= 15 is 0 Å². The van der Waals surface area contributed by atoms with Crippen LogP contribution in [0.2, 0.25) is 0 Å². The van der Waals surface area contributed by atoms with Crippen LogP contribution in [0.4, 0.5) is 0 Å². The Kier molecular flexibility index (Phi) is 41.9. The summed E-state index contributed by atoms with van der Waals surface area (Å²) in [4.78, 5) is 14.0. The summed E-state index contributed by atoms with van der Waals surface area (Å²) in [5.74, 6) is 3.75. The van der Waals surface area contributed by atoms with Crippen molar-refractivity contribution in [2.24, 2.45) is 26.2 Å². The molecule has 15 nitrogen and oxygen atoms in total. The van der Waals surface area contributed by atoms with Crippen molar-refractivity contribution >= 4 is 144 Å². The molecule has 0 aliphatic rings. The molecule has 0 aliphatic heterocycles. The predicted octanol–water partition coefficient (Wildman–Crippen LogP) is 5.97. The van der Waals surface area contributed by atoms with Crippen molar-refractivity contribution < 1.29 is 27.5 Å². The second kappa shape index (κ2) is 46.5. The lowest BCUT2D eigenvalue weighted by molar-refractivity contribution is -0.302. The van der Waals surface area contributed by atoms with E-state index in [1.165, 1.54) is 57.5 Å². The lowest BCUT2D eigenvalue weighted by Gasteiger charge is -2.27. The molecular weight excluding hydrogens is 1230 g/mol. The first-order valence-electron chi connectivity index (χ1n) is 28.6. The van der Waals surface area contributed by atoms with Gasteiger partial charge in [-0.15, -0.1) is 0 Å². The summed E-state index contributed by atoms with van der Waals surface area (Å²) in [5.41, 5.74) is 10.5. The van der Waals surface area contributed by atoms with Crippen molar-refractivity contribution in [3.63, 3.8) is 0 Å². The zero-order valence-corrected chi connectivity index (χ0v) is 56.9. The second-order valence-corrected chi connectivity index (χ2v) is 28.5. The van der Waals surface area contributed by atoms with Crippen LogP contribution in [-0.2, 0) is 4.79 Å². The first-order chi connectivity index (χ1) is 41.6. The minimum Gasteiger partial charge on any atom is -1.00 e. The van der Waals surface area contributed by atoms with E-state index in [1.54, 1.807) is 21.0 Å². The third-order valence-electron chi connectivity index (χ3n) is 13.5. The van der Waals surface area contributed by atoms with Crippen LogP contribution in [0.15, 0.2) is 202 Å². The van der Waals surface area contributed by atoms with Crippen LogP contribution in [0.25, 0.3) is 0 Å². The zero-order chi connectivity index (χ0) is 62.8. The normalized spacial score (nSPS) is 11.3. The number of nitrogens with one attached hydrogen (secondary N) is 7. The van der Waals surface area contributed by atoms with Gasteiger partial charge in [-0.1, -0.05) is 147 Å². The SMILES string of the molecule is C.CC(=NCC(=S)NCCCCCC[P+](c1ccccc1)(c1ccccc1)c1ccccc1)/C(C)=N\O.CC(=O)[O-].CNC(=S)N/N=C(C)\C(C)=N/NC(=S)NCCCCCC[P+](c1ccccc1)(c1ccccc1)c1ccccc1.CNC(=S)NN.[Cl-]. The number of hydrogen-bond donors (Lipinski definition) is 9. The Morgan fingerprint density at radius 2 is 0.761 bits per heavy atom. The molecule has 0 saturated heterocycles. The number of hydrazone groups is 2. The average Bonchev–Trinajstić information content (AvgIpc) is 2.32. The maximum atomic E-state index is 8.89. The summed E-state index contributed by atoms with van der Waals surface area (Å²) in [7, 11) is -0.0481. The van der Waals surface area contributed by atoms with Crippen molar-refractivity contribution in [1.29, 1.82) is 0 Å². The van der Waals surface area contributed by atoms with E-state index in [0.717, 1.165) is 68.7 Å². The maximum absolute atomic E-state index is 8.89. The molecule has 0 amide bonds. The predicted molar refractivity (Wildman–Crippen MR) is 392 cm³/mol. The van der Waals surface area contributed by atoms with Crippen LogP contribution in [0.1, 0.15) is 93.4 Å². The van der Waals surface area contributed by atoms with Gasteiger partial charge in [-0.2, -0.15) is 10.2 Å². The van der Waals surface area contributed by atoms with Gasteiger partial charge in [0.2, 0.25) is 0 Å². The van der Waals surface area contributed by atoms with Gasteiger partial charge in [0.15, 0.2) is 15.3 Å². The van der Waals surface area contributed by atoms with E-state index in [0.29, 0.717) is 39.0 Å². The minimum absolute atomic E-state index is 0. The molecule has 0 unspecified atom stereocenters. The summed E-state index contributed by atoms with van der Waals surface area (Å²) < 4.78 is 0. The summed E-state index contributed by atoms with van der Waals surface area (Å²) in [6.07, 6.45) is 11.4. The smallest absolute Gasteiger partial charge is 0.186 e. The van der Waals surface area contributed by atoms with Gasteiger partial charge in [-0.25, -0.2) is 5.84 Å². The van der Waals surface area contributed by atoms with Gasteiger partial charge in [0.1, 0.15) is 46.4 Å². The number of aliphatic carboxylic acids is 1. The van der Waals surface area contributed by atoms with Crippen LogP contribution in [0.5, 0.6) is 0 Å². The van der Waals surface area contributed by atoms with Gasteiger partial charge in [0, 0.05) is 33.2 Å². The van der Waals surface area contributed by atoms with Crippen molar-refractivity contribution in [1.82, 2.24) is 37.5 Å². The van der Waals surface area contributed by atoms with Crippen molar-refractivity contribution in [2.45, 2.75) is 93.4 Å². The number of unbranched alkanes of at least 4 members (excludes halogenated alkanes) is 6. The maximum Gasteiger partial charge on any atom is 0.186 e. The molecule has 6 aromatic carbocycles. The molecule has 10 N–H and O–H groups in total. The molecule has 0 spiro atoms. The van der Waals surface area contributed by atoms with Crippen molar-refractivity contribution in [2.75, 3.05) is 46.1 Å². The van der Waals surface area contributed by atoms with Gasteiger partial charge in [0.25, 0.3) is 0 Å². The number of carboxylic acid groups (broad SMARTS) is 1. The fraction of sp³-hybridized carbons (Fsp3) is 0.318. The number of oxime groups is 1. The van der Waals surface area contributed by atoms with Crippen LogP contribution >= 0.6 is 63.4 Å². The molecule has 6 rings (SSSR count). The van der Waals surface area contributed by atoms with E-state index in [9.17, 15) is 0 Å². The summed E-state index contributed by atoms with van der Waals surface area (Å²) in [6, 6.07) is 66.6. The van der Waals surface area contributed by atoms with Gasteiger partial charge in [-0.05, 0) is 183 Å². The third kappa shape index (κ3) is 28.7. The number of hydrogen-bond acceptors (Lipinski definition) is 12. The Balaban J connectivity index is 0.000000749. The van der Waals surface area contributed by atoms with E-state index in [1.807, 2.05) is 20.8 Å². The number of hydrazine groups is 1. The molecule has 0 heterocycles. The fourth-order valence-electron chi connectivity index (χ4n) is 8.88. The van der Waals surface area contributed by atoms with Crippen LogP contribution in [0, 0.1) is 0 Å². The molecule has 0 saturated carbocycles. The first-order valence-corrected chi connectivity index (χ1v) is 34.2. The average molecular weight is 1330 g/mol. The Morgan fingerprint density at radius 3 is 1.05 bits per heavy atom. The monoisotopic (exact) mass is 1320 g/mol. The lowest BCUT2D eigenvalue weighted by atomic mass is 10.2. The van der Waals surface area contributed by atoms with Crippen molar-refractivity contribution in [3.05, 3.63) is 182 Å². The van der Waals surface area contributed by atoms with Crippen LogP contribution in [-0.4, -0.2) is 100 Å². The Bertz CT molecular complexity index is 2860. The highest BCUT2D eigenvalue weighted by molar-refractivity contribution is 7.96. The standard InChI is InChI=1S/C31H39N6PS2.C30H36N3OPS.C2H7N3S.C2H4O2.CH4.ClH/c1-25(34-36-30(39)32-3)26(2)35-37-31(40)33-23-15-4-5-16-24-38(27-17-9-6-10-18-27,28-19-11-7-12-20-28)29-21-13-8-14-22-29;1-25(26(2)33-34)32-24-30(36)31-22-14-3-4-15-23-35(27-16-8-5-9-17-27,28-18-10-6-11-19-28)29-20-12-7-13-21-29;1-4-2(6)5-3;1-2(3)4;;/h6-14,17-22H,4-5,15-16,23-24H2,1-3H3,(H3-,32,33,34,35,36,37,39,40);5-13,16-21H,3-4,14-15,22-24H2,1-2H3,(H-,31,32,34,36);3H2,1H3,(H2,4,5,6);1H3,(H,3,4);1H4;1H. The number of rotatable bonds is 26. The number of aliphatic imine (C=N–C) groups is 1. The molecule has 88 heavy (non-hydrogen) atoms. The molecule has 22 heteroatoms.